The number of aliphatic hydroxyl groups excluding tert-OH is 2. The highest BCUT2D eigenvalue weighted by molar-refractivity contribution is 6.30. The van der Waals surface area contributed by atoms with Gasteiger partial charge in [0.15, 0.2) is 5.76 Å². The van der Waals surface area contributed by atoms with E-state index >= 15 is 0 Å². The Hall–Kier alpha value is -3.24. The first-order valence-corrected chi connectivity index (χ1v) is 8.68. The first-order valence-electron chi connectivity index (χ1n) is 8.30. The smallest absolute Gasteiger partial charge is 0.378 e. The Bertz CT molecular complexity index is 1020. The van der Waals surface area contributed by atoms with E-state index in [1.54, 1.807) is 36.4 Å². The van der Waals surface area contributed by atoms with Crippen molar-refractivity contribution in [1.82, 2.24) is 0 Å². The van der Waals surface area contributed by atoms with Crippen molar-refractivity contribution in [3.8, 4) is 11.1 Å². The van der Waals surface area contributed by atoms with Gasteiger partial charge in [-0.05, 0) is 23.3 Å². The maximum absolute atomic E-state index is 12.0. The quantitative estimate of drug-likeness (QED) is 0.619. The molecule has 3 aromatic rings. The van der Waals surface area contributed by atoms with Crippen LogP contribution >= 0.6 is 11.6 Å². The van der Waals surface area contributed by atoms with Crippen molar-refractivity contribution in [3.63, 3.8) is 0 Å². The fraction of sp³-hybridized carbons (Fsp3) is 0.0455. The predicted molar refractivity (Wildman–Crippen MR) is 102 cm³/mol. The number of cyclic esters (lactones) is 1. The second-order valence-corrected chi connectivity index (χ2v) is 6.65. The van der Waals surface area contributed by atoms with Crippen LogP contribution in [0.1, 0.15) is 11.1 Å². The second kappa shape index (κ2) is 6.49. The van der Waals surface area contributed by atoms with Gasteiger partial charge < -0.3 is 14.9 Å². The van der Waals surface area contributed by atoms with Crippen LogP contribution in [0.3, 0.4) is 0 Å². The Balaban J connectivity index is 1.83. The predicted octanol–water partition coefficient (Wildman–Crippen LogP) is 5.14. The van der Waals surface area contributed by atoms with E-state index in [4.69, 9.17) is 16.3 Å². The average Bonchev–Trinajstić information content (AvgIpc) is 2.94. The average molecular weight is 379 g/mol. The molecule has 27 heavy (non-hydrogen) atoms. The van der Waals surface area contributed by atoms with Gasteiger partial charge in [0.25, 0.3) is 0 Å². The van der Waals surface area contributed by atoms with Gasteiger partial charge in [-0.1, -0.05) is 78.3 Å². The van der Waals surface area contributed by atoms with E-state index in [0.29, 0.717) is 16.1 Å². The summed E-state index contributed by atoms with van der Waals surface area (Å²) in [5.74, 6) is -2.25. The van der Waals surface area contributed by atoms with Gasteiger partial charge in [-0.25, -0.2) is 4.79 Å². The third kappa shape index (κ3) is 2.75. The normalized spacial score (nSPS) is 19.2. The summed E-state index contributed by atoms with van der Waals surface area (Å²) in [4.78, 5) is 12.0. The fourth-order valence-corrected chi connectivity index (χ4v) is 3.40. The number of carbonyl (C=O) groups is 1. The number of hydrogen-bond donors (Lipinski definition) is 2. The molecule has 0 fully saturated rings. The summed E-state index contributed by atoms with van der Waals surface area (Å²) in [6, 6.07) is 23.5. The van der Waals surface area contributed by atoms with E-state index in [1.807, 2.05) is 42.5 Å². The summed E-state index contributed by atoms with van der Waals surface area (Å²) in [7, 11) is 0. The Kier molecular flexibility index (Phi) is 4.13. The molecule has 4 rings (SSSR count). The SMILES string of the molecule is O=C1OC(c2ccccc2)(c2ccc(-c3ccc(Cl)cc3)cc2)C(O)=C1O. The largest absolute Gasteiger partial charge is 0.504 e. The summed E-state index contributed by atoms with van der Waals surface area (Å²) in [5.41, 5.74) is 1.42. The summed E-state index contributed by atoms with van der Waals surface area (Å²) < 4.78 is 5.48. The Labute approximate surface area is 160 Å². The van der Waals surface area contributed by atoms with Crippen LogP contribution in [-0.2, 0) is 15.1 Å². The van der Waals surface area contributed by atoms with Gasteiger partial charge in [-0.3, -0.25) is 0 Å². The van der Waals surface area contributed by atoms with Gasteiger partial charge in [-0.2, -0.15) is 0 Å². The molecule has 0 aromatic heterocycles. The highest BCUT2D eigenvalue weighted by Gasteiger charge is 2.51. The first kappa shape index (κ1) is 17.2. The molecule has 1 heterocycles. The highest BCUT2D eigenvalue weighted by atomic mass is 35.5. The van der Waals surface area contributed by atoms with Crippen molar-refractivity contribution in [2.24, 2.45) is 0 Å². The van der Waals surface area contributed by atoms with Crippen LogP contribution in [0.25, 0.3) is 11.1 Å². The molecule has 0 radical (unpaired) electrons. The molecule has 0 spiro atoms. The van der Waals surface area contributed by atoms with Gasteiger partial charge in [0, 0.05) is 16.1 Å². The number of rotatable bonds is 3. The molecule has 0 bridgehead atoms. The van der Waals surface area contributed by atoms with Crippen LogP contribution in [0.4, 0.5) is 0 Å². The van der Waals surface area contributed by atoms with Crippen molar-refractivity contribution < 1.29 is 19.7 Å². The number of carbonyl (C=O) groups excluding carboxylic acids is 1. The monoisotopic (exact) mass is 378 g/mol. The Morgan fingerprint density at radius 2 is 1.26 bits per heavy atom. The summed E-state index contributed by atoms with van der Waals surface area (Å²) in [6.45, 7) is 0. The van der Waals surface area contributed by atoms with Gasteiger partial charge in [0.05, 0.1) is 0 Å². The van der Waals surface area contributed by atoms with Crippen molar-refractivity contribution >= 4 is 17.6 Å². The number of aliphatic hydroxyl groups is 2. The van der Waals surface area contributed by atoms with Crippen LogP contribution in [0.5, 0.6) is 0 Å². The van der Waals surface area contributed by atoms with Crippen LogP contribution in [0, 0.1) is 0 Å². The zero-order chi connectivity index (χ0) is 19.0. The summed E-state index contributed by atoms with van der Waals surface area (Å²) in [6.07, 6.45) is 0. The van der Waals surface area contributed by atoms with Gasteiger partial charge in [-0.15, -0.1) is 0 Å². The number of halogens is 1. The fourth-order valence-electron chi connectivity index (χ4n) is 3.27. The molecule has 2 N–H and O–H groups in total. The van der Waals surface area contributed by atoms with E-state index in [-0.39, 0.29) is 0 Å². The Morgan fingerprint density at radius 3 is 1.78 bits per heavy atom. The molecular formula is C22H15ClO4. The van der Waals surface area contributed by atoms with Gasteiger partial charge in [0.1, 0.15) is 0 Å². The lowest BCUT2D eigenvalue weighted by molar-refractivity contribution is -0.147. The molecule has 134 valence electrons. The summed E-state index contributed by atoms with van der Waals surface area (Å²) >= 11 is 5.93. The van der Waals surface area contributed by atoms with E-state index < -0.39 is 23.1 Å². The number of hydrogen-bond acceptors (Lipinski definition) is 4. The number of esters is 1. The molecule has 1 unspecified atom stereocenters. The van der Waals surface area contributed by atoms with E-state index in [9.17, 15) is 15.0 Å². The minimum absolute atomic E-state index is 0.516. The molecule has 0 saturated carbocycles. The molecule has 1 atom stereocenters. The zero-order valence-electron chi connectivity index (χ0n) is 14.1. The lowest BCUT2D eigenvalue weighted by Crippen LogP contribution is -2.30. The molecule has 0 aliphatic carbocycles. The van der Waals surface area contributed by atoms with E-state index in [2.05, 4.69) is 0 Å². The third-order valence-corrected chi connectivity index (χ3v) is 4.90. The lowest BCUT2D eigenvalue weighted by atomic mass is 9.84. The molecule has 1 aliphatic heterocycles. The maximum atomic E-state index is 12.0. The van der Waals surface area contributed by atoms with Gasteiger partial charge >= 0.3 is 5.97 Å². The number of benzene rings is 3. The molecule has 0 saturated heterocycles. The second-order valence-electron chi connectivity index (χ2n) is 6.22. The van der Waals surface area contributed by atoms with Crippen molar-refractivity contribution in [3.05, 3.63) is 107 Å². The van der Waals surface area contributed by atoms with Crippen LogP contribution < -0.4 is 0 Å². The van der Waals surface area contributed by atoms with Crippen LogP contribution in [0.15, 0.2) is 90.4 Å². The first-order chi connectivity index (χ1) is 13.0. The van der Waals surface area contributed by atoms with Crippen molar-refractivity contribution in [2.45, 2.75) is 5.60 Å². The van der Waals surface area contributed by atoms with Crippen molar-refractivity contribution in [2.75, 3.05) is 0 Å². The molecule has 0 amide bonds. The van der Waals surface area contributed by atoms with Crippen LogP contribution in [-0.4, -0.2) is 16.2 Å². The van der Waals surface area contributed by atoms with Crippen LogP contribution in [0.2, 0.25) is 5.02 Å². The molecule has 1 aliphatic rings. The van der Waals surface area contributed by atoms with Crippen molar-refractivity contribution in [1.29, 1.82) is 0 Å². The molecule has 4 nitrogen and oxygen atoms in total. The maximum Gasteiger partial charge on any atom is 0.378 e. The Morgan fingerprint density at radius 1 is 0.741 bits per heavy atom. The highest BCUT2D eigenvalue weighted by Crippen LogP contribution is 2.45. The minimum atomic E-state index is -1.57. The van der Waals surface area contributed by atoms with Gasteiger partial charge in [0.2, 0.25) is 11.4 Å². The van der Waals surface area contributed by atoms with E-state index in [1.165, 1.54) is 0 Å². The molecule has 5 heteroatoms. The number of ether oxygens (including phenoxy) is 1. The lowest BCUT2D eigenvalue weighted by Gasteiger charge is -2.29. The molecular weight excluding hydrogens is 364 g/mol. The zero-order valence-corrected chi connectivity index (χ0v) is 14.9. The standard InChI is InChI=1S/C22H15ClO4/c23-18-12-8-15(9-13-18)14-6-10-17(11-7-14)22(16-4-2-1-3-5-16)20(25)19(24)21(26)27-22/h1-13,24-25H. The third-order valence-electron chi connectivity index (χ3n) is 4.65. The van der Waals surface area contributed by atoms with E-state index in [0.717, 1.165) is 11.1 Å². The molecule has 3 aromatic carbocycles. The topological polar surface area (TPSA) is 66.8 Å². The summed E-state index contributed by atoms with van der Waals surface area (Å²) in [5, 5.41) is 21.2. The minimum Gasteiger partial charge on any atom is -0.504 e.